The van der Waals surface area contributed by atoms with Gasteiger partial charge in [0.25, 0.3) is 0 Å². The van der Waals surface area contributed by atoms with Crippen LogP contribution in [0.15, 0.2) is 51.3 Å². The average molecular weight is 391 g/mol. The van der Waals surface area contributed by atoms with Crippen molar-refractivity contribution in [1.82, 2.24) is 9.88 Å². The Labute approximate surface area is 156 Å². The minimum absolute atomic E-state index is 0.0597. The van der Waals surface area contributed by atoms with E-state index in [0.29, 0.717) is 10.7 Å². The largest absolute Gasteiger partial charge is 0.477 e. The van der Waals surface area contributed by atoms with Crippen molar-refractivity contribution in [1.29, 1.82) is 0 Å². The van der Waals surface area contributed by atoms with Gasteiger partial charge in [0, 0.05) is 32.7 Å². The van der Waals surface area contributed by atoms with Crippen LogP contribution in [-0.2, 0) is 9.59 Å². The number of carboxylic acids is 1. The van der Waals surface area contributed by atoms with Gasteiger partial charge in [-0.3, -0.25) is 9.69 Å². The summed E-state index contributed by atoms with van der Waals surface area (Å²) in [6, 6.07) is 7.20. The van der Waals surface area contributed by atoms with Gasteiger partial charge in [-0.2, -0.15) is 0 Å². The van der Waals surface area contributed by atoms with E-state index in [4.69, 9.17) is 5.73 Å². The zero-order valence-electron chi connectivity index (χ0n) is 12.8. The minimum Gasteiger partial charge on any atom is -0.477 e. The highest BCUT2D eigenvalue weighted by atomic mass is 32.2. The summed E-state index contributed by atoms with van der Waals surface area (Å²) in [6.07, 6.45) is 1.76. The monoisotopic (exact) mass is 391 g/mol. The summed E-state index contributed by atoms with van der Waals surface area (Å²) < 4.78 is 0. The lowest BCUT2D eigenvalue weighted by atomic mass is 10.1. The Hall–Kier alpha value is -1.81. The SMILES string of the molecule is N[C@@H]1C(=O)N2C(C(=O)O)=C(Sc3ccc(-c4nccs4)cc3)CS[C@@H]12. The van der Waals surface area contributed by atoms with Crippen LogP contribution in [0.25, 0.3) is 10.6 Å². The summed E-state index contributed by atoms with van der Waals surface area (Å²) in [6.45, 7) is 0. The topological polar surface area (TPSA) is 96.5 Å². The number of aliphatic carboxylic acids is 1. The number of carbonyl (C=O) groups excluding carboxylic acids is 1. The Kier molecular flexibility index (Phi) is 4.32. The molecule has 2 aliphatic heterocycles. The summed E-state index contributed by atoms with van der Waals surface area (Å²) in [5, 5.41) is 12.2. The molecule has 0 spiro atoms. The maximum absolute atomic E-state index is 12.0. The fourth-order valence-electron chi connectivity index (χ4n) is 2.74. The lowest BCUT2D eigenvalue weighted by molar-refractivity contribution is -0.147. The van der Waals surface area contributed by atoms with Gasteiger partial charge in [0.05, 0.1) is 0 Å². The van der Waals surface area contributed by atoms with E-state index in [2.05, 4.69) is 4.98 Å². The molecule has 1 saturated heterocycles. The molecule has 3 N–H and O–H groups in total. The first-order valence-corrected chi connectivity index (χ1v) is 10.2. The van der Waals surface area contributed by atoms with Crippen molar-refractivity contribution in [3.63, 3.8) is 0 Å². The number of benzene rings is 1. The summed E-state index contributed by atoms with van der Waals surface area (Å²) in [7, 11) is 0. The average Bonchev–Trinajstić information content (AvgIpc) is 3.15. The zero-order chi connectivity index (χ0) is 17.6. The highest BCUT2D eigenvalue weighted by Crippen LogP contribution is 2.44. The molecule has 6 nitrogen and oxygen atoms in total. The number of carboxylic acid groups (broad SMARTS) is 1. The Morgan fingerprint density at radius 1 is 1.36 bits per heavy atom. The molecule has 1 amide bonds. The Bertz CT molecular complexity index is 865. The molecule has 1 aromatic carbocycles. The molecule has 25 heavy (non-hydrogen) atoms. The molecule has 2 aliphatic rings. The second kappa shape index (κ2) is 6.49. The van der Waals surface area contributed by atoms with Crippen molar-refractivity contribution >= 4 is 46.7 Å². The number of thioether (sulfide) groups is 2. The lowest BCUT2D eigenvalue weighted by Crippen LogP contribution is -2.68. The van der Waals surface area contributed by atoms with E-state index in [-0.39, 0.29) is 17.0 Å². The fraction of sp³-hybridized carbons (Fsp3) is 0.188. The number of carbonyl (C=O) groups is 2. The number of aromatic nitrogens is 1. The van der Waals surface area contributed by atoms with Crippen LogP contribution in [0.5, 0.6) is 0 Å². The number of amides is 1. The van der Waals surface area contributed by atoms with Crippen LogP contribution in [0.2, 0.25) is 0 Å². The molecule has 0 radical (unpaired) electrons. The number of hydrogen-bond acceptors (Lipinski definition) is 7. The highest BCUT2D eigenvalue weighted by Gasteiger charge is 2.51. The quantitative estimate of drug-likeness (QED) is 0.773. The van der Waals surface area contributed by atoms with E-state index < -0.39 is 12.0 Å². The Balaban J connectivity index is 1.60. The molecule has 1 aromatic heterocycles. The number of thiazole rings is 1. The molecule has 0 unspecified atom stereocenters. The number of nitrogens with two attached hydrogens (primary N) is 1. The summed E-state index contributed by atoms with van der Waals surface area (Å²) in [5.74, 6) is -0.887. The smallest absolute Gasteiger partial charge is 0.353 e. The van der Waals surface area contributed by atoms with Crippen LogP contribution in [0, 0.1) is 0 Å². The molecule has 2 atom stereocenters. The van der Waals surface area contributed by atoms with E-state index in [1.165, 1.54) is 28.4 Å². The molecule has 2 aromatic rings. The minimum atomic E-state index is -1.09. The first-order chi connectivity index (χ1) is 12.1. The maximum atomic E-state index is 12.0. The van der Waals surface area contributed by atoms with E-state index in [9.17, 15) is 14.7 Å². The first-order valence-electron chi connectivity index (χ1n) is 7.41. The molecule has 0 bridgehead atoms. The number of hydrogen-bond donors (Lipinski definition) is 2. The van der Waals surface area contributed by atoms with E-state index in [0.717, 1.165) is 15.5 Å². The predicted molar refractivity (Wildman–Crippen MR) is 99.1 cm³/mol. The maximum Gasteiger partial charge on any atom is 0.353 e. The number of nitrogens with zero attached hydrogens (tertiary/aromatic N) is 2. The summed E-state index contributed by atoms with van der Waals surface area (Å²) in [4.78, 5) is 30.8. The van der Waals surface area contributed by atoms with Gasteiger partial charge in [-0.25, -0.2) is 9.78 Å². The predicted octanol–water partition coefficient (Wildman–Crippen LogP) is 2.44. The summed E-state index contributed by atoms with van der Waals surface area (Å²) in [5.41, 5.74) is 6.84. The third kappa shape index (κ3) is 2.86. The van der Waals surface area contributed by atoms with Crippen molar-refractivity contribution < 1.29 is 14.7 Å². The van der Waals surface area contributed by atoms with E-state index in [1.54, 1.807) is 17.5 Å². The number of β-lactam (4-membered cyclic amide) rings is 1. The molecule has 9 heteroatoms. The van der Waals surface area contributed by atoms with Crippen LogP contribution in [-0.4, -0.2) is 44.0 Å². The molecular formula is C16H13N3O3S3. The van der Waals surface area contributed by atoms with Crippen molar-refractivity contribution in [3.8, 4) is 10.6 Å². The molecule has 0 saturated carbocycles. The second-order valence-corrected chi connectivity index (χ2v) is 8.64. The first kappa shape index (κ1) is 16.6. The molecular weight excluding hydrogens is 378 g/mol. The van der Waals surface area contributed by atoms with Gasteiger partial charge in [0.1, 0.15) is 22.1 Å². The molecule has 1 fully saturated rings. The zero-order valence-corrected chi connectivity index (χ0v) is 15.2. The molecule has 4 rings (SSSR count). The fourth-order valence-corrected chi connectivity index (χ4v) is 5.80. The van der Waals surface area contributed by atoms with Gasteiger partial charge in [-0.05, 0) is 12.1 Å². The normalized spacial score (nSPS) is 22.6. The van der Waals surface area contributed by atoms with Crippen molar-refractivity contribution in [2.45, 2.75) is 16.3 Å². The van der Waals surface area contributed by atoms with E-state index in [1.807, 2.05) is 29.6 Å². The molecule has 128 valence electrons. The van der Waals surface area contributed by atoms with Crippen LogP contribution in [0.4, 0.5) is 0 Å². The molecule has 3 heterocycles. The van der Waals surface area contributed by atoms with E-state index >= 15 is 0 Å². The third-order valence-corrected chi connectivity index (χ3v) is 7.35. The molecule has 0 aliphatic carbocycles. The second-order valence-electron chi connectivity index (χ2n) is 5.48. The number of fused-ring (bicyclic) bond motifs is 1. The van der Waals surface area contributed by atoms with Gasteiger partial charge in [-0.15, -0.1) is 23.1 Å². The standard InChI is InChI=1S/C16H13N3O3S3/c17-11-14(20)19-12(16(21)22)10(7-24-15(11)19)25-9-3-1-8(2-4-9)13-18-5-6-23-13/h1-6,11,15H,7,17H2,(H,21,22)/t11-,15+/m1/s1. The third-order valence-electron chi connectivity index (χ3n) is 3.95. The van der Waals surface area contributed by atoms with Gasteiger partial charge in [0.2, 0.25) is 5.91 Å². The van der Waals surface area contributed by atoms with Crippen LogP contribution >= 0.6 is 34.9 Å². The highest BCUT2D eigenvalue weighted by molar-refractivity contribution is 8.06. The van der Waals surface area contributed by atoms with Gasteiger partial charge < -0.3 is 10.8 Å². The van der Waals surface area contributed by atoms with Crippen LogP contribution in [0.1, 0.15) is 0 Å². The van der Waals surface area contributed by atoms with Gasteiger partial charge in [-0.1, -0.05) is 23.9 Å². The Morgan fingerprint density at radius 2 is 2.12 bits per heavy atom. The van der Waals surface area contributed by atoms with Gasteiger partial charge in [0.15, 0.2) is 0 Å². The van der Waals surface area contributed by atoms with Crippen molar-refractivity contribution in [2.75, 3.05) is 5.75 Å². The van der Waals surface area contributed by atoms with Crippen molar-refractivity contribution in [2.24, 2.45) is 5.73 Å². The number of rotatable bonds is 4. The van der Waals surface area contributed by atoms with Gasteiger partial charge >= 0.3 is 5.97 Å². The van der Waals surface area contributed by atoms with Crippen LogP contribution < -0.4 is 5.73 Å². The van der Waals surface area contributed by atoms with Crippen LogP contribution in [0.3, 0.4) is 0 Å². The lowest BCUT2D eigenvalue weighted by Gasteiger charge is -2.47. The van der Waals surface area contributed by atoms with Crippen molar-refractivity contribution in [3.05, 3.63) is 46.4 Å². The Morgan fingerprint density at radius 3 is 2.76 bits per heavy atom. The summed E-state index contributed by atoms with van der Waals surface area (Å²) >= 11 is 4.45.